The van der Waals surface area contributed by atoms with E-state index in [0.717, 1.165) is 0 Å². The van der Waals surface area contributed by atoms with Gasteiger partial charge in [-0.05, 0) is 25.2 Å². The van der Waals surface area contributed by atoms with Gasteiger partial charge in [0.25, 0.3) is 0 Å². The van der Waals surface area contributed by atoms with Gasteiger partial charge in [-0.3, -0.25) is 0 Å². The van der Waals surface area contributed by atoms with Crippen LogP contribution in [0, 0.1) is 5.41 Å². The highest BCUT2D eigenvalue weighted by molar-refractivity contribution is 8.00. The van der Waals surface area contributed by atoms with E-state index in [1.165, 1.54) is 12.8 Å². The molecule has 2 nitrogen and oxygen atoms in total. The van der Waals surface area contributed by atoms with E-state index in [-0.39, 0.29) is 17.6 Å². The molecule has 1 aliphatic carbocycles. The maximum Gasteiger partial charge on any atom is 0.0628 e. The smallest absolute Gasteiger partial charge is 0.0628 e. The van der Waals surface area contributed by atoms with Crippen LogP contribution in [0.15, 0.2) is 0 Å². The molecule has 0 spiro atoms. The van der Waals surface area contributed by atoms with E-state index >= 15 is 0 Å². The second kappa shape index (κ2) is 4.42. The molecule has 1 aliphatic rings. The van der Waals surface area contributed by atoms with Crippen molar-refractivity contribution in [1.29, 1.82) is 0 Å². The van der Waals surface area contributed by atoms with Crippen LogP contribution in [0.1, 0.15) is 40.5 Å². The molecule has 0 aromatic rings. The van der Waals surface area contributed by atoms with Gasteiger partial charge in [0, 0.05) is 16.5 Å². The third-order valence-electron chi connectivity index (χ3n) is 3.44. The summed E-state index contributed by atoms with van der Waals surface area (Å²) in [6.45, 7) is 8.41. The zero-order valence-corrected chi connectivity index (χ0v) is 10.5. The standard InChI is InChI=1S/C11H23NOS/c1-7(13)8(2)14-9-5-6-11(3,4)10(9)12/h7-10,13H,5-6,12H2,1-4H3. The summed E-state index contributed by atoms with van der Waals surface area (Å²) in [7, 11) is 0. The molecule has 84 valence electrons. The first kappa shape index (κ1) is 12.3. The fourth-order valence-electron chi connectivity index (χ4n) is 1.91. The average molecular weight is 217 g/mol. The quantitative estimate of drug-likeness (QED) is 0.760. The highest BCUT2D eigenvalue weighted by atomic mass is 32.2. The minimum absolute atomic E-state index is 0.240. The number of nitrogens with two attached hydrogens (primary N) is 1. The van der Waals surface area contributed by atoms with E-state index in [4.69, 9.17) is 5.73 Å². The highest BCUT2D eigenvalue weighted by Gasteiger charge is 2.40. The summed E-state index contributed by atoms with van der Waals surface area (Å²) in [5, 5.41) is 10.3. The molecule has 14 heavy (non-hydrogen) atoms. The first-order valence-electron chi connectivity index (χ1n) is 5.43. The number of rotatable bonds is 3. The van der Waals surface area contributed by atoms with E-state index in [2.05, 4.69) is 20.8 Å². The Morgan fingerprint density at radius 2 is 2.00 bits per heavy atom. The van der Waals surface area contributed by atoms with Gasteiger partial charge < -0.3 is 10.8 Å². The van der Waals surface area contributed by atoms with E-state index in [9.17, 15) is 5.11 Å². The summed E-state index contributed by atoms with van der Waals surface area (Å²) in [6.07, 6.45) is 2.16. The van der Waals surface area contributed by atoms with Crippen molar-refractivity contribution in [2.45, 2.75) is 63.2 Å². The Kier molecular flexibility index (Phi) is 3.89. The van der Waals surface area contributed by atoms with Gasteiger partial charge in [0.2, 0.25) is 0 Å². The number of hydrogen-bond donors (Lipinski definition) is 2. The summed E-state index contributed by atoms with van der Waals surface area (Å²) >= 11 is 1.85. The Morgan fingerprint density at radius 1 is 1.43 bits per heavy atom. The van der Waals surface area contributed by atoms with Crippen molar-refractivity contribution in [3.8, 4) is 0 Å². The van der Waals surface area contributed by atoms with Crippen LogP contribution in [0.4, 0.5) is 0 Å². The topological polar surface area (TPSA) is 46.2 Å². The van der Waals surface area contributed by atoms with Gasteiger partial charge in [-0.25, -0.2) is 0 Å². The van der Waals surface area contributed by atoms with Gasteiger partial charge in [0.05, 0.1) is 6.10 Å². The molecule has 0 saturated heterocycles. The van der Waals surface area contributed by atoms with Crippen LogP contribution >= 0.6 is 11.8 Å². The zero-order chi connectivity index (χ0) is 10.9. The maximum atomic E-state index is 9.44. The average Bonchev–Trinajstić information content (AvgIpc) is 2.32. The van der Waals surface area contributed by atoms with Crippen LogP contribution < -0.4 is 5.73 Å². The zero-order valence-electron chi connectivity index (χ0n) is 9.66. The Bertz CT molecular complexity index is 194. The third-order valence-corrected chi connectivity index (χ3v) is 5.15. The fraction of sp³-hybridized carbons (Fsp3) is 1.00. The number of aliphatic hydroxyl groups excluding tert-OH is 1. The molecule has 0 aliphatic heterocycles. The van der Waals surface area contributed by atoms with Crippen LogP contribution in [0.25, 0.3) is 0 Å². The lowest BCUT2D eigenvalue weighted by molar-refractivity contribution is 0.196. The van der Waals surface area contributed by atoms with E-state index in [0.29, 0.717) is 10.5 Å². The first-order chi connectivity index (χ1) is 6.34. The van der Waals surface area contributed by atoms with Gasteiger partial charge in [-0.2, -0.15) is 11.8 Å². The molecule has 1 saturated carbocycles. The molecule has 1 fully saturated rings. The van der Waals surface area contributed by atoms with Crippen molar-refractivity contribution in [1.82, 2.24) is 0 Å². The third kappa shape index (κ3) is 2.65. The van der Waals surface area contributed by atoms with Crippen LogP contribution in [-0.4, -0.2) is 27.8 Å². The predicted octanol–water partition coefficient (Wildman–Crippen LogP) is 2.00. The first-order valence-corrected chi connectivity index (χ1v) is 6.38. The van der Waals surface area contributed by atoms with Crippen molar-refractivity contribution in [2.75, 3.05) is 0 Å². The predicted molar refractivity (Wildman–Crippen MR) is 63.5 cm³/mol. The van der Waals surface area contributed by atoms with Gasteiger partial charge in [0.1, 0.15) is 0 Å². The maximum absolute atomic E-state index is 9.44. The van der Waals surface area contributed by atoms with E-state index < -0.39 is 0 Å². The molecule has 4 atom stereocenters. The normalized spacial score (nSPS) is 35.6. The molecule has 4 unspecified atom stereocenters. The molecule has 3 heteroatoms. The molecule has 3 N–H and O–H groups in total. The van der Waals surface area contributed by atoms with E-state index in [1.807, 2.05) is 18.7 Å². The Hall–Kier alpha value is 0.270. The van der Waals surface area contributed by atoms with Crippen LogP contribution in [-0.2, 0) is 0 Å². The summed E-state index contributed by atoms with van der Waals surface area (Å²) in [6, 6.07) is 0.272. The number of aliphatic hydroxyl groups is 1. The molecule has 0 aromatic carbocycles. The largest absolute Gasteiger partial charge is 0.392 e. The lowest BCUT2D eigenvalue weighted by Crippen LogP contribution is -2.39. The minimum Gasteiger partial charge on any atom is -0.392 e. The molecule has 0 bridgehead atoms. The summed E-state index contributed by atoms with van der Waals surface area (Å²) in [4.78, 5) is 0. The Balaban J connectivity index is 2.48. The van der Waals surface area contributed by atoms with E-state index in [1.54, 1.807) is 0 Å². The van der Waals surface area contributed by atoms with Gasteiger partial charge in [-0.1, -0.05) is 20.8 Å². The molecular formula is C11H23NOS. The summed E-state index contributed by atoms with van der Waals surface area (Å²) < 4.78 is 0. The monoisotopic (exact) mass is 217 g/mol. The van der Waals surface area contributed by atoms with Gasteiger partial charge in [-0.15, -0.1) is 0 Å². The van der Waals surface area contributed by atoms with Crippen LogP contribution in [0.3, 0.4) is 0 Å². The molecule has 0 radical (unpaired) electrons. The van der Waals surface area contributed by atoms with Crippen molar-refractivity contribution in [3.63, 3.8) is 0 Å². The Morgan fingerprint density at radius 3 is 2.36 bits per heavy atom. The second-order valence-electron chi connectivity index (χ2n) is 5.17. The van der Waals surface area contributed by atoms with Gasteiger partial charge >= 0.3 is 0 Å². The lowest BCUT2D eigenvalue weighted by atomic mass is 9.88. The second-order valence-corrected chi connectivity index (χ2v) is 6.79. The van der Waals surface area contributed by atoms with Crippen LogP contribution in [0.2, 0.25) is 0 Å². The van der Waals surface area contributed by atoms with Crippen molar-refractivity contribution < 1.29 is 5.11 Å². The van der Waals surface area contributed by atoms with Crippen molar-refractivity contribution >= 4 is 11.8 Å². The SMILES string of the molecule is CC(O)C(C)SC1CCC(C)(C)C1N. The molecular weight excluding hydrogens is 194 g/mol. The minimum atomic E-state index is -0.240. The van der Waals surface area contributed by atoms with Gasteiger partial charge in [0.15, 0.2) is 0 Å². The fourth-order valence-corrected chi connectivity index (χ4v) is 3.48. The summed E-state index contributed by atoms with van der Waals surface area (Å²) in [5.74, 6) is 0. The number of hydrogen-bond acceptors (Lipinski definition) is 3. The molecule has 0 heterocycles. The Labute approximate surface area is 91.6 Å². The molecule has 0 aromatic heterocycles. The highest BCUT2D eigenvalue weighted by Crippen LogP contribution is 2.43. The number of thioether (sulfide) groups is 1. The van der Waals surface area contributed by atoms with Crippen molar-refractivity contribution in [2.24, 2.45) is 11.1 Å². The van der Waals surface area contributed by atoms with Crippen LogP contribution in [0.5, 0.6) is 0 Å². The summed E-state index contributed by atoms with van der Waals surface area (Å²) in [5.41, 5.74) is 6.48. The lowest BCUT2D eigenvalue weighted by Gasteiger charge is -2.28. The van der Waals surface area contributed by atoms with Crippen molar-refractivity contribution in [3.05, 3.63) is 0 Å². The molecule has 0 amide bonds. The molecule has 1 rings (SSSR count).